The van der Waals surface area contributed by atoms with Crippen LogP contribution in [-0.4, -0.2) is 36.2 Å². The highest BCUT2D eigenvalue weighted by atomic mass is 79.9. The average Bonchev–Trinajstić information content (AvgIpc) is 2.90. The number of halogens is 1. The van der Waals surface area contributed by atoms with Gasteiger partial charge in [0.05, 0.1) is 16.4 Å². The maximum atomic E-state index is 11.1. The van der Waals surface area contributed by atoms with Crippen LogP contribution in [0.4, 0.5) is 0 Å². The fraction of sp³-hybridized carbons (Fsp3) is 0.333. The van der Waals surface area contributed by atoms with E-state index < -0.39 is 0 Å². The maximum absolute atomic E-state index is 11.1. The molecule has 0 aliphatic heterocycles. The smallest absolute Gasteiger partial charge is 0.244 e. The quantitative estimate of drug-likeness (QED) is 0.351. The third-order valence-electron chi connectivity index (χ3n) is 2.43. The lowest BCUT2D eigenvalue weighted by Crippen LogP contribution is -2.31. The number of aromatic nitrogens is 5. The lowest BCUT2D eigenvalue weighted by atomic mass is 10.4. The van der Waals surface area contributed by atoms with Crippen molar-refractivity contribution in [3.8, 4) is 11.5 Å². The number of nitrogens with one attached hydrogen (secondary N) is 1. The SMILES string of the molecule is Cn1ncc(Br)c1-c1nnc(SCC(=O)NN)n1C. The van der Waals surface area contributed by atoms with E-state index in [1.165, 1.54) is 11.8 Å². The van der Waals surface area contributed by atoms with Crippen molar-refractivity contribution in [3.63, 3.8) is 0 Å². The van der Waals surface area contributed by atoms with Gasteiger partial charge in [0.15, 0.2) is 11.0 Å². The number of carbonyl (C=O) groups is 1. The van der Waals surface area contributed by atoms with Crippen LogP contribution in [0.1, 0.15) is 0 Å². The monoisotopic (exact) mass is 345 g/mol. The van der Waals surface area contributed by atoms with Gasteiger partial charge in [0.25, 0.3) is 0 Å². The van der Waals surface area contributed by atoms with Crippen LogP contribution >= 0.6 is 27.7 Å². The van der Waals surface area contributed by atoms with Crippen molar-refractivity contribution in [2.24, 2.45) is 19.9 Å². The van der Waals surface area contributed by atoms with Crippen molar-refractivity contribution in [1.82, 2.24) is 30.0 Å². The second-order valence-corrected chi connectivity index (χ2v) is 5.48. The third kappa shape index (κ3) is 2.80. The van der Waals surface area contributed by atoms with Crippen molar-refractivity contribution in [1.29, 1.82) is 0 Å². The number of thioether (sulfide) groups is 1. The fourth-order valence-corrected chi connectivity index (χ4v) is 2.73. The Hall–Kier alpha value is -1.39. The molecule has 0 spiro atoms. The zero-order valence-electron chi connectivity index (χ0n) is 10.3. The van der Waals surface area contributed by atoms with E-state index in [1.54, 1.807) is 15.4 Å². The maximum Gasteiger partial charge on any atom is 0.244 e. The minimum absolute atomic E-state index is 0.190. The molecule has 0 aromatic carbocycles. The van der Waals surface area contributed by atoms with Crippen LogP contribution < -0.4 is 11.3 Å². The number of aryl methyl sites for hydroxylation is 1. The Morgan fingerprint density at radius 2 is 2.26 bits per heavy atom. The Bertz CT molecular complexity index is 588. The van der Waals surface area contributed by atoms with Gasteiger partial charge in [-0.3, -0.25) is 14.9 Å². The molecule has 2 aromatic rings. The zero-order valence-corrected chi connectivity index (χ0v) is 12.7. The van der Waals surface area contributed by atoms with E-state index in [4.69, 9.17) is 5.84 Å². The second-order valence-electron chi connectivity index (χ2n) is 3.69. The Morgan fingerprint density at radius 1 is 1.53 bits per heavy atom. The molecule has 0 saturated carbocycles. The first kappa shape index (κ1) is 14.0. The van der Waals surface area contributed by atoms with Crippen LogP contribution in [0.15, 0.2) is 15.8 Å². The third-order valence-corrected chi connectivity index (χ3v) is 4.03. The van der Waals surface area contributed by atoms with Crippen molar-refractivity contribution >= 4 is 33.6 Å². The molecule has 3 N–H and O–H groups in total. The summed E-state index contributed by atoms with van der Waals surface area (Å²) >= 11 is 4.68. The summed E-state index contributed by atoms with van der Waals surface area (Å²) in [7, 11) is 3.65. The molecule has 0 radical (unpaired) electrons. The summed E-state index contributed by atoms with van der Waals surface area (Å²) in [6, 6.07) is 0. The van der Waals surface area contributed by atoms with Gasteiger partial charge in [-0.25, -0.2) is 5.84 Å². The minimum Gasteiger partial charge on any atom is -0.304 e. The summed E-state index contributed by atoms with van der Waals surface area (Å²) in [5.41, 5.74) is 2.89. The highest BCUT2D eigenvalue weighted by Crippen LogP contribution is 2.27. The molecule has 2 aromatic heterocycles. The van der Waals surface area contributed by atoms with Crippen LogP contribution in [0.25, 0.3) is 11.5 Å². The van der Waals surface area contributed by atoms with Crippen LogP contribution in [0.3, 0.4) is 0 Å². The van der Waals surface area contributed by atoms with Gasteiger partial charge < -0.3 is 4.57 Å². The molecule has 102 valence electrons. The van der Waals surface area contributed by atoms with E-state index in [9.17, 15) is 4.79 Å². The predicted octanol–water partition coefficient (Wildman–Crippen LogP) is 0.0601. The first-order valence-corrected chi connectivity index (χ1v) is 7.02. The van der Waals surface area contributed by atoms with Gasteiger partial charge in [-0.2, -0.15) is 5.10 Å². The topological polar surface area (TPSA) is 104 Å². The van der Waals surface area contributed by atoms with E-state index in [0.717, 1.165) is 10.2 Å². The van der Waals surface area contributed by atoms with Crippen molar-refractivity contribution in [2.45, 2.75) is 5.16 Å². The largest absolute Gasteiger partial charge is 0.304 e. The summed E-state index contributed by atoms with van der Waals surface area (Å²) in [4.78, 5) is 11.1. The highest BCUT2D eigenvalue weighted by molar-refractivity contribution is 9.10. The number of amides is 1. The van der Waals surface area contributed by atoms with Crippen LogP contribution in [0, 0.1) is 0 Å². The fourth-order valence-electron chi connectivity index (χ4n) is 1.48. The van der Waals surface area contributed by atoms with Crippen molar-refractivity contribution in [2.75, 3.05) is 5.75 Å². The first-order valence-electron chi connectivity index (χ1n) is 5.24. The molecule has 0 fully saturated rings. The zero-order chi connectivity index (χ0) is 14.0. The molecule has 10 heteroatoms. The number of nitrogens with zero attached hydrogens (tertiary/aromatic N) is 5. The molecule has 0 bridgehead atoms. The summed E-state index contributed by atoms with van der Waals surface area (Å²) in [6.07, 6.45) is 1.69. The van der Waals surface area contributed by atoms with Gasteiger partial charge in [0.1, 0.15) is 5.69 Å². The molecule has 0 atom stereocenters. The summed E-state index contributed by atoms with van der Waals surface area (Å²) in [6.45, 7) is 0. The molecule has 2 heterocycles. The molecule has 0 unspecified atom stereocenters. The van der Waals surface area contributed by atoms with E-state index in [1.807, 2.05) is 14.1 Å². The van der Waals surface area contributed by atoms with Gasteiger partial charge in [0, 0.05) is 14.1 Å². The Labute approximate surface area is 121 Å². The number of nitrogens with two attached hydrogens (primary N) is 1. The number of carbonyl (C=O) groups excluding carboxylic acids is 1. The Balaban J connectivity index is 2.26. The number of hydrogen-bond acceptors (Lipinski definition) is 6. The number of hydrogen-bond donors (Lipinski definition) is 2. The van der Waals surface area contributed by atoms with E-state index >= 15 is 0 Å². The van der Waals surface area contributed by atoms with Gasteiger partial charge in [-0.15, -0.1) is 10.2 Å². The van der Waals surface area contributed by atoms with Gasteiger partial charge in [-0.1, -0.05) is 11.8 Å². The Kier molecular flexibility index (Phi) is 4.22. The van der Waals surface area contributed by atoms with Crippen LogP contribution in [-0.2, 0) is 18.9 Å². The van der Waals surface area contributed by atoms with Crippen LogP contribution in [0.2, 0.25) is 0 Å². The summed E-state index contributed by atoms with van der Waals surface area (Å²) in [5, 5.41) is 12.9. The lowest BCUT2D eigenvalue weighted by Gasteiger charge is -2.04. The summed E-state index contributed by atoms with van der Waals surface area (Å²) < 4.78 is 4.34. The van der Waals surface area contributed by atoms with Crippen molar-refractivity contribution < 1.29 is 4.79 Å². The number of hydrazine groups is 1. The number of rotatable bonds is 4. The first-order chi connectivity index (χ1) is 9.04. The molecule has 2 rings (SSSR count). The lowest BCUT2D eigenvalue weighted by molar-refractivity contribution is -0.118. The standard InChI is InChI=1S/C9H12BrN7OS/c1-16-8(7-5(10)3-12-17(7)2)14-15-9(16)19-4-6(18)13-11/h3H,4,11H2,1-2H3,(H,13,18). The van der Waals surface area contributed by atoms with E-state index in [0.29, 0.717) is 11.0 Å². The molecule has 19 heavy (non-hydrogen) atoms. The summed E-state index contributed by atoms with van der Waals surface area (Å²) in [5.74, 6) is 5.61. The van der Waals surface area contributed by atoms with Gasteiger partial charge in [-0.05, 0) is 15.9 Å². The normalized spacial score (nSPS) is 10.7. The van der Waals surface area contributed by atoms with Gasteiger partial charge >= 0.3 is 0 Å². The molecule has 8 nitrogen and oxygen atoms in total. The molecule has 1 amide bonds. The van der Waals surface area contributed by atoms with Crippen molar-refractivity contribution in [3.05, 3.63) is 10.7 Å². The second kappa shape index (κ2) is 5.72. The highest BCUT2D eigenvalue weighted by Gasteiger charge is 2.17. The minimum atomic E-state index is -0.267. The molecular weight excluding hydrogens is 334 g/mol. The average molecular weight is 346 g/mol. The van der Waals surface area contributed by atoms with Gasteiger partial charge in [0.2, 0.25) is 5.91 Å². The molecule has 0 saturated heterocycles. The predicted molar refractivity (Wildman–Crippen MR) is 74.0 cm³/mol. The van der Waals surface area contributed by atoms with E-state index in [2.05, 4.69) is 36.7 Å². The van der Waals surface area contributed by atoms with E-state index in [-0.39, 0.29) is 11.7 Å². The Morgan fingerprint density at radius 3 is 2.84 bits per heavy atom. The molecule has 0 aliphatic carbocycles. The molecular formula is C9H12BrN7OS. The van der Waals surface area contributed by atoms with Crippen LogP contribution in [0.5, 0.6) is 0 Å². The molecule has 0 aliphatic rings.